The van der Waals surface area contributed by atoms with Gasteiger partial charge in [-0.2, -0.15) is 5.10 Å². The monoisotopic (exact) mass is 481 g/mol. The van der Waals surface area contributed by atoms with Gasteiger partial charge in [-0.3, -0.25) is 9.59 Å². The molecule has 3 aromatic rings. The van der Waals surface area contributed by atoms with Crippen molar-refractivity contribution in [3.63, 3.8) is 0 Å². The molecule has 0 spiro atoms. The van der Waals surface area contributed by atoms with E-state index in [9.17, 15) is 14.4 Å². The summed E-state index contributed by atoms with van der Waals surface area (Å²) in [5.74, 6) is -0.472. The van der Waals surface area contributed by atoms with Gasteiger partial charge in [0, 0.05) is 17.8 Å². The van der Waals surface area contributed by atoms with Gasteiger partial charge in [0.15, 0.2) is 10.6 Å². The summed E-state index contributed by atoms with van der Waals surface area (Å²) in [4.78, 5) is 37.1. The normalized spacial score (nSPS) is 10.6. The van der Waals surface area contributed by atoms with Gasteiger partial charge < -0.3 is 19.9 Å². The van der Waals surface area contributed by atoms with Crippen LogP contribution in [0.5, 0.6) is 0 Å². The molecule has 0 aliphatic rings. The summed E-state index contributed by atoms with van der Waals surface area (Å²) in [5, 5.41) is 10.1. The smallest absolute Gasteiger partial charge is 0.338 e. The summed E-state index contributed by atoms with van der Waals surface area (Å²) in [5.41, 5.74) is 2.27. The van der Waals surface area contributed by atoms with Crippen molar-refractivity contribution in [3.05, 3.63) is 75.8 Å². The molecule has 0 saturated heterocycles. The van der Waals surface area contributed by atoms with Gasteiger partial charge in [0.05, 0.1) is 18.7 Å². The molecule has 0 unspecified atom stereocenters. The molecule has 2 N–H and O–H groups in total. The van der Waals surface area contributed by atoms with Gasteiger partial charge in [-0.05, 0) is 62.8 Å². The number of aryl methyl sites for hydroxylation is 1. The van der Waals surface area contributed by atoms with Gasteiger partial charge >= 0.3 is 5.97 Å². The highest BCUT2D eigenvalue weighted by Gasteiger charge is 2.15. The minimum Gasteiger partial charge on any atom is -0.462 e. The molecule has 0 radical (unpaired) electrons. The Morgan fingerprint density at radius 1 is 1.09 bits per heavy atom. The Labute approximate surface area is 202 Å². The third-order valence-corrected chi connectivity index (χ3v) is 5.49. The van der Waals surface area contributed by atoms with Crippen LogP contribution in [0.25, 0.3) is 0 Å². The van der Waals surface area contributed by atoms with Crippen molar-refractivity contribution < 1.29 is 19.1 Å². The number of anilines is 1. The lowest BCUT2D eigenvalue weighted by atomic mass is 10.1. The Bertz CT molecular complexity index is 1260. The van der Waals surface area contributed by atoms with Crippen LogP contribution in [-0.4, -0.2) is 38.7 Å². The molecule has 2 aromatic carbocycles. The van der Waals surface area contributed by atoms with Gasteiger partial charge in [0.2, 0.25) is 5.91 Å². The molecule has 34 heavy (non-hydrogen) atoms. The molecule has 2 amide bonds. The molecule has 178 valence electrons. The Kier molecular flexibility index (Phi) is 8.31. The predicted molar refractivity (Wildman–Crippen MR) is 130 cm³/mol. The third-order valence-electron chi connectivity index (χ3n) is 5.06. The van der Waals surface area contributed by atoms with E-state index in [4.69, 9.17) is 17.0 Å². The molecule has 0 aliphatic carbocycles. The van der Waals surface area contributed by atoms with E-state index in [2.05, 4.69) is 15.7 Å². The summed E-state index contributed by atoms with van der Waals surface area (Å²) in [6.07, 6.45) is 0. The van der Waals surface area contributed by atoms with E-state index in [0.29, 0.717) is 34.0 Å². The van der Waals surface area contributed by atoms with Crippen molar-refractivity contribution in [1.82, 2.24) is 19.7 Å². The molecule has 3 rings (SSSR count). The highest BCUT2D eigenvalue weighted by atomic mass is 32.1. The van der Waals surface area contributed by atoms with Crippen LogP contribution in [0.3, 0.4) is 0 Å². The van der Waals surface area contributed by atoms with Gasteiger partial charge in [0.25, 0.3) is 5.91 Å². The van der Waals surface area contributed by atoms with Crippen LogP contribution in [0.15, 0.2) is 48.5 Å². The maximum absolute atomic E-state index is 12.6. The Morgan fingerprint density at radius 3 is 2.56 bits per heavy atom. The topological polar surface area (TPSA) is 107 Å². The van der Waals surface area contributed by atoms with E-state index in [1.54, 1.807) is 41.8 Å². The van der Waals surface area contributed by atoms with E-state index in [1.165, 1.54) is 4.68 Å². The molecular weight excluding hydrogens is 454 g/mol. The zero-order valence-electron chi connectivity index (χ0n) is 19.3. The number of hydrogen-bond donors (Lipinski definition) is 2. The average molecular weight is 482 g/mol. The largest absolute Gasteiger partial charge is 0.462 e. The number of carbonyl (C=O) groups excluding carboxylic acids is 3. The number of rotatable bonds is 9. The number of benzene rings is 2. The maximum atomic E-state index is 12.6. The number of ether oxygens (including phenoxy) is 1. The average Bonchev–Trinajstić information content (AvgIpc) is 3.12. The van der Waals surface area contributed by atoms with E-state index < -0.39 is 5.97 Å². The second kappa shape index (κ2) is 11.4. The predicted octanol–water partition coefficient (Wildman–Crippen LogP) is 3.49. The van der Waals surface area contributed by atoms with Gasteiger partial charge in [0.1, 0.15) is 6.54 Å². The van der Waals surface area contributed by atoms with E-state index in [0.717, 1.165) is 5.56 Å². The van der Waals surface area contributed by atoms with Crippen molar-refractivity contribution >= 4 is 35.7 Å². The molecule has 9 nitrogen and oxygen atoms in total. The fourth-order valence-corrected chi connectivity index (χ4v) is 3.73. The molecule has 0 aliphatic heterocycles. The minimum absolute atomic E-state index is 0.117. The van der Waals surface area contributed by atoms with Gasteiger partial charge in [-0.15, -0.1) is 0 Å². The Morgan fingerprint density at radius 2 is 1.85 bits per heavy atom. The fourth-order valence-electron chi connectivity index (χ4n) is 3.39. The summed E-state index contributed by atoms with van der Waals surface area (Å²) in [6, 6.07) is 13.8. The number of esters is 1. The van der Waals surface area contributed by atoms with E-state index in [-0.39, 0.29) is 31.5 Å². The van der Waals surface area contributed by atoms with Gasteiger partial charge in [-0.1, -0.05) is 24.3 Å². The van der Waals surface area contributed by atoms with Crippen molar-refractivity contribution in [3.8, 4) is 0 Å². The van der Waals surface area contributed by atoms with Crippen molar-refractivity contribution in [2.75, 3.05) is 11.9 Å². The Balaban J connectivity index is 1.69. The molecule has 1 heterocycles. The van der Waals surface area contributed by atoms with Crippen LogP contribution in [0.1, 0.15) is 46.0 Å². The molecule has 0 atom stereocenters. The first-order valence-corrected chi connectivity index (χ1v) is 11.3. The maximum Gasteiger partial charge on any atom is 0.338 e. The number of carbonyl (C=O) groups is 3. The van der Waals surface area contributed by atoms with Crippen LogP contribution in [0.4, 0.5) is 5.69 Å². The number of aromatic nitrogens is 3. The lowest BCUT2D eigenvalue weighted by Gasteiger charge is -2.07. The van der Waals surface area contributed by atoms with Crippen molar-refractivity contribution in [1.29, 1.82) is 0 Å². The second-order valence-electron chi connectivity index (χ2n) is 7.45. The third kappa shape index (κ3) is 5.96. The second-order valence-corrected chi connectivity index (χ2v) is 7.81. The lowest BCUT2D eigenvalue weighted by molar-refractivity contribution is -0.116. The first-order chi connectivity index (χ1) is 16.3. The molecule has 0 fully saturated rings. The molecule has 1 aromatic heterocycles. The quantitative estimate of drug-likeness (QED) is 0.358. The van der Waals surface area contributed by atoms with Crippen LogP contribution >= 0.6 is 12.2 Å². The van der Waals surface area contributed by atoms with E-state index in [1.807, 2.05) is 32.0 Å². The molecule has 10 heteroatoms. The fraction of sp³-hybridized carbons (Fsp3) is 0.292. The summed E-state index contributed by atoms with van der Waals surface area (Å²) in [7, 11) is 0. The van der Waals surface area contributed by atoms with Crippen molar-refractivity contribution in [2.45, 2.75) is 40.4 Å². The van der Waals surface area contributed by atoms with Crippen molar-refractivity contribution in [2.24, 2.45) is 0 Å². The minimum atomic E-state index is -0.458. The molecule has 0 saturated carbocycles. The van der Waals surface area contributed by atoms with E-state index >= 15 is 0 Å². The SMILES string of the molecule is CCOC(=O)c1cccc(NC(=O)Cn2nc(CNC(=O)c3ccccc3C)n(CC)c2=S)c1. The number of amides is 2. The summed E-state index contributed by atoms with van der Waals surface area (Å²) >= 11 is 5.48. The van der Waals surface area contributed by atoms with Crippen LogP contribution < -0.4 is 10.6 Å². The Hall–Kier alpha value is -3.79. The molecule has 0 bridgehead atoms. The molecular formula is C24H27N5O4S. The first-order valence-electron chi connectivity index (χ1n) is 10.9. The zero-order valence-corrected chi connectivity index (χ0v) is 20.1. The van der Waals surface area contributed by atoms with Gasteiger partial charge in [-0.25, -0.2) is 9.48 Å². The number of hydrogen-bond acceptors (Lipinski definition) is 6. The standard InChI is InChI=1S/C24H27N5O4S/c1-4-28-20(14-25-22(31)19-12-7-6-9-16(19)3)27-29(24(28)34)15-21(30)26-18-11-8-10-17(13-18)23(32)33-5-2/h6-13H,4-5,14-15H2,1-3H3,(H,25,31)(H,26,30). The van der Waals surface area contributed by atoms with Crippen LogP contribution in [-0.2, 0) is 29.2 Å². The number of nitrogens with zero attached hydrogens (tertiary/aromatic N) is 3. The van der Waals surface area contributed by atoms with Crippen LogP contribution in [0.2, 0.25) is 0 Å². The zero-order chi connectivity index (χ0) is 24.7. The highest BCUT2D eigenvalue weighted by Crippen LogP contribution is 2.13. The van der Waals surface area contributed by atoms with Crippen LogP contribution in [0, 0.1) is 11.7 Å². The summed E-state index contributed by atoms with van der Waals surface area (Å²) < 4.78 is 8.54. The summed E-state index contributed by atoms with van der Waals surface area (Å²) in [6.45, 7) is 6.37. The highest BCUT2D eigenvalue weighted by molar-refractivity contribution is 7.71. The lowest BCUT2D eigenvalue weighted by Crippen LogP contribution is -2.25. The first kappa shape index (κ1) is 24.8. The number of nitrogens with one attached hydrogen (secondary N) is 2.